The zero-order chi connectivity index (χ0) is 11.8. The summed E-state index contributed by atoms with van der Waals surface area (Å²) in [6.07, 6.45) is 3.85. The number of hydrogen-bond acceptors (Lipinski definition) is 2. The number of nitrogens with one attached hydrogen (secondary N) is 1. The largest absolute Gasteiger partial charge is 0.307 e. The number of hydrogen-bond donors (Lipinski definition) is 1. The molecule has 1 atom stereocenters. The van der Waals surface area contributed by atoms with Crippen molar-refractivity contribution in [3.8, 4) is 0 Å². The van der Waals surface area contributed by atoms with Crippen molar-refractivity contribution < 1.29 is 0 Å². The highest BCUT2D eigenvalue weighted by molar-refractivity contribution is 6.30. The Morgan fingerprint density at radius 3 is 2.88 bits per heavy atom. The molecular weight excluding hydrogens is 232 g/mol. The third-order valence-electron chi connectivity index (χ3n) is 3.74. The van der Waals surface area contributed by atoms with Crippen LogP contribution < -0.4 is 5.32 Å². The Labute approximate surface area is 108 Å². The molecule has 92 valence electrons. The van der Waals surface area contributed by atoms with E-state index >= 15 is 0 Å². The number of halogens is 1. The molecule has 2 aliphatic rings. The molecule has 1 N–H and O–H groups in total. The molecule has 0 radical (unpaired) electrons. The van der Waals surface area contributed by atoms with Crippen molar-refractivity contribution in [2.45, 2.75) is 37.9 Å². The second kappa shape index (κ2) is 4.60. The molecule has 0 spiro atoms. The molecule has 1 fully saturated rings. The van der Waals surface area contributed by atoms with Crippen molar-refractivity contribution in [3.63, 3.8) is 0 Å². The van der Waals surface area contributed by atoms with Crippen molar-refractivity contribution in [2.24, 2.45) is 0 Å². The fourth-order valence-corrected chi connectivity index (χ4v) is 2.80. The molecule has 0 amide bonds. The maximum atomic E-state index is 6.14. The van der Waals surface area contributed by atoms with E-state index in [1.54, 1.807) is 0 Å². The summed E-state index contributed by atoms with van der Waals surface area (Å²) in [4.78, 5) is 2.39. The summed E-state index contributed by atoms with van der Waals surface area (Å²) in [5.74, 6) is 0. The van der Waals surface area contributed by atoms with E-state index in [0.717, 1.165) is 24.2 Å². The van der Waals surface area contributed by atoms with Crippen molar-refractivity contribution in [2.75, 3.05) is 13.6 Å². The van der Waals surface area contributed by atoms with Crippen LogP contribution in [-0.4, -0.2) is 24.5 Å². The second-order valence-electron chi connectivity index (χ2n) is 5.36. The third kappa shape index (κ3) is 2.65. The third-order valence-corrected chi connectivity index (χ3v) is 3.97. The van der Waals surface area contributed by atoms with E-state index in [1.807, 2.05) is 6.07 Å². The zero-order valence-electron chi connectivity index (χ0n) is 10.2. The van der Waals surface area contributed by atoms with E-state index in [9.17, 15) is 0 Å². The maximum absolute atomic E-state index is 6.14. The minimum absolute atomic E-state index is 0.487. The summed E-state index contributed by atoms with van der Waals surface area (Å²) in [7, 11) is 2.19. The fraction of sp³-hybridized carbons (Fsp3) is 0.571. The molecule has 2 nitrogen and oxygen atoms in total. The predicted octanol–water partition coefficient (Wildman–Crippen LogP) is 2.97. The Hall–Kier alpha value is -0.570. The van der Waals surface area contributed by atoms with Crippen molar-refractivity contribution in [1.82, 2.24) is 10.2 Å². The molecule has 1 aliphatic carbocycles. The summed E-state index contributed by atoms with van der Waals surface area (Å²) in [6, 6.07) is 7.57. The van der Waals surface area contributed by atoms with E-state index in [4.69, 9.17) is 11.6 Å². The lowest BCUT2D eigenvalue weighted by Crippen LogP contribution is -2.25. The SMILES string of the molecule is CN1CC[C@H](NC2CC2)c2cc(Cl)ccc2C1. The first kappa shape index (κ1) is 11.5. The zero-order valence-corrected chi connectivity index (χ0v) is 11.0. The molecule has 0 unspecified atom stereocenters. The maximum Gasteiger partial charge on any atom is 0.0409 e. The number of benzene rings is 1. The molecular formula is C14H19ClN2. The summed E-state index contributed by atoms with van der Waals surface area (Å²) < 4.78 is 0. The summed E-state index contributed by atoms with van der Waals surface area (Å²) in [5, 5.41) is 4.61. The fourth-order valence-electron chi connectivity index (χ4n) is 2.62. The minimum atomic E-state index is 0.487. The van der Waals surface area contributed by atoms with Crippen LogP contribution in [0.5, 0.6) is 0 Å². The molecule has 3 heteroatoms. The van der Waals surface area contributed by atoms with Crippen molar-refractivity contribution >= 4 is 11.6 Å². The monoisotopic (exact) mass is 250 g/mol. The first-order valence-electron chi connectivity index (χ1n) is 6.45. The van der Waals surface area contributed by atoms with E-state index in [-0.39, 0.29) is 0 Å². The van der Waals surface area contributed by atoms with Crippen LogP contribution in [0.15, 0.2) is 18.2 Å². The standard InChI is InChI=1S/C14H19ClN2/c1-17-7-6-14(16-12-4-5-12)13-8-11(15)3-2-10(13)9-17/h2-3,8,12,14,16H,4-7,9H2,1H3/t14-/m0/s1. The molecule has 1 heterocycles. The molecule has 1 aromatic carbocycles. The van der Waals surface area contributed by atoms with Gasteiger partial charge in [0, 0.05) is 23.7 Å². The van der Waals surface area contributed by atoms with E-state index in [1.165, 1.54) is 30.4 Å². The Kier molecular flexibility index (Phi) is 3.12. The Morgan fingerprint density at radius 1 is 1.29 bits per heavy atom. The highest BCUT2D eigenvalue weighted by Gasteiger charge is 2.28. The van der Waals surface area contributed by atoms with E-state index < -0.39 is 0 Å². The highest BCUT2D eigenvalue weighted by atomic mass is 35.5. The van der Waals surface area contributed by atoms with Gasteiger partial charge in [-0.25, -0.2) is 0 Å². The molecule has 17 heavy (non-hydrogen) atoms. The summed E-state index contributed by atoms with van der Waals surface area (Å²) in [6.45, 7) is 2.19. The highest BCUT2D eigenvalue weighted by Crippen LogP contribution is 2.32. The molecule has 1 aliphatic heterocycles. The smallest absolute Gasteiger partial charge is 0.0409 e. The second-order valence-corrected chi connectivity index (χ2v) is 5.80. The van der Waals surface area contributed by atoms with Gasteiger partial charge in [0.1, 0.15) is 0 Å². The molecule has 1 saturated carbocycles. The molecule has 0 bridgehead atoms. The lowest BCUT2D eigenvalue weighted by molar-refractivity contribution is 0.317. The summed E-state index contributed by atoms with van der Waals surface area (Å²) in [5.41, 5.74) is 2.83. The van der Waals surface area contributed by atoms with Gasteiger partial charge < -0.3 is 10.2 Å². The molecule has 0 aromatic heterocycles. The number of nitrogens with zero attached hydrogens (tertiary/aromatic N) is 1. The average Bonchev–Trinajstić information content (AvgIpc) is 3.10. The van der Waals surface area contributed by atoms with E-state index in [0.29, 0.717) is 6.04 Å². The van der Waals surface area contributed by atoms with Gasteiger partial charge in [-0.15, -0.1) is 0 Å². The lowest BCUT2D eigenvalue weighted by Gasteiger charge is -2.19. The van der Waals surface area contributed by atoms with Crippen LogP contribution in [0, 0.1) is 0 Å². The van der Waals surface area contributed by atoms with Gasteiger partial charge in [0.25, 0.3) is 0 Å². The van der Waals surface area contributed by atoms with Crippen LogP contribution in [0.2, 0.25) is 5.02 Å². The first-order valence-corrected chi connectivity index (χ1v) is 6.83. The Morgan fingerprint density at radius 2 is 2.12 bits per heavy atom. The average molecular weight is 251 g/mol. The van der Waals surface area contributed by atoms with Gasteiger partial charge in [-0.2, -0.15) is 0 Å². The van der Waals surface area contributed by atoms with Gasteiger partial charge in [-0.3, -0.25) is 0 Å². The Balaban J connectivity index is 1.91. The number of rotatable bonds is 2. The van der Waals surface area contributed by atoms with Gasteiger partial charge in [0.15, 0.2) is 0 Å². The van der Waals surface area contributed by atoms with Crippen LogP contribution in [0.4, 0.5) is 0 Å². The quantitative estimate of drug-likeness (QED) is 0.868. The van der Waals surface area contributed by atoms with Crippen LogP contribution in [0.25, 0.3) is 0 Å². The van der Waals surface area contributed by atoms with Gasteiger partial charge >= 0.3 is 0 Å². The van der Waals surface area contributed by atoms with Gasteiger partial charge in [0.2, 0.25) is 0 Å². The van der Waals surface area contributed by atoms with E-state index in [2.05, 4.69) is 29.4 Å². The topological polar surface area (TPSA) is 15.3 Å². The number of fused-ring (bicyclic) bond motifs is 1. The van der Waals surface area contributed by atoms with Gasteiger partial charge in [-0.05, 0) is 56.1 Å². The Bertz CT molecular complexity index is 415. The predicted molar refractivity (Wildman–Crippen MR) is 71.3 cm³/mol. The van der Waals surface area contributed by atoms with Gasteiger partial charge in [0.05, 0.1) is 0 Å². The molecule has 3 rings (SSSR count). The van der Waals surface area contributed by atoms with Crippen LogP contribution in [0.1, 0.15) is 36.4 Å². The van der Waals surface area contributed by atoms with Crippen LogP contribution in [0.3, 0.4) is 0 Å². The van der Waals surface area contributed by atoms with Crippen molar-refractivity contribution in [3.05, 3.63) is 34.3 Å². The molecule has 0 saturated heterocycles. The summed E-state index contributed by atoms with van der Waals surface area (Å²) >= 11 is 6.14. The molecule has 1 aromatic rings. The first-order chi connectivity index (χ1) is 8.22. The van der Waals surface area contributed by atoms with Crippen molar-refractivity contribution in [1.29, 1.82) is 0 Å². The minimum Gasteiger partial charge on any atom is -0.307 e. The van der Waals surface area contributed by atoms with Crippen LogP contribution >= 0.6 is 11.6 Å². The van der Waals surface area contributed by atoms with Gasteiger partial charge in [-0.1, -0.05) is 17.7 Å². The lowest BCUT2D eigenvalue weighted by atomic mass is 9.99. The normalized spacial score (nSPS) is 25.4. The van der Waals surface area contributed by atoms with Crippen LogP contribution in [-0.2, 0) is 6.54 Å².